The number of rotatable bonds is 6. The van der Waals surface area contributed by atoms with Gasteiger partial charge in [-0.05, 0) is 18.6 Å². The number of hydrogen-bond acceptors (Lipinski definition) is 7. The molecule has 0 spiro atoms. The van der Waals surface area contributed by atoms with E-state index in [1.807, 2.05) is 0 Å². The van der Waals surface area contributed by atoms with Crippen molar-refractivity contribution < 1.29 is 45.8 Å². The van der Waals surface area contributed by atoms with Gasteiger partial charge in [-0.15, -0.1) is 0 Å². The predicted octanol–water partition coefficient (Wildman–Crippen LogP) is 2.32. The first-order valence-electron chi connectivity index (χ1n) is 8.93. The molecule has 0 saturated carbocycles. The van der Waals surface area contributed by atoms with Gasteiger partial charge in [-0.25, -0.2) is 8.42 Å². The number of halogens is 3. The normalized spacial score (nSPS) is 15.1. The van der Waals surface area contributed by atoms with Gasteiger partial charge >= 0.3 is 6.18 Å². The minimum Gasteiger partial charge on any atom is -0.511 e. The van der Waals surface area contributed by atoms with Crippen molar-refractivity contribution in [1.82, 2.24) is 4.90 Å². The van der Waals surface area contributed by atoms with E-state index in [9.17, 15) is 41.1 Å². The van der Waals surface area contributed by atoms with Gasteiger partial charge in [-0.1, -0.05) is 0 Å². The Kier molecular flexibility index (Phi) is 6.84. The van der Waals surface area contributed by atoms with E-state index in [4.69, 9.17) is 4.74 Å². The molecule has 0 atom stereocenters. The Morgan fingerprint density at radius 3 is 2.29 bits per heavy atom. The van der Waals surface area contributed by atoms with E-state index < -0.39 is 73.2 Å². The van der Waals surface area contributed by atoms with Crippen LogP contribution in [-0.4, -0.2) is 62.9 Å². The van der Waals surface area contributed by atoms with Gasteiger partial charge in [-0.2, -0.15) is 13.2 Å². The molecule has 0 aliphatic heterocycles. The lowest BCUT2D eigenvalue weighted by Gasteiger charge is -2.21. The number of alkyl halides is 3. The summed E-state index contributed by atoms with van der Waals surface area (Å²) in [6.07, 6.45) is -4.59. The summed E-state index contributed by atoms with van der Waals surface area (Å²) in [5.41, 5.74) is -3.59. The zero-order chi connectivity index (χ0) is 23.7. The van der Waals surface area contributed by atoms with E-state index in [-0.39, 0.29) is 19.3 Å². The lowest BCUT2D eigenvalue weighted by atomic mass is 9.88. The molecule has 1 aliphatic rings. The van der Waals surface area contributed by atoms with Gasteiger partial charge < -0.3 is 14.7 Å². The average Bonchev–Trinajstić information content (AvgIpc) is 2.63. The number of nitrogens with zero attached hydrogens (tertiary/aromatic N) is 1. The molecular formula is C19H20F3NO7S. The molecule has 2 rings (SSSR count). The van der Waals surface area contributed by atoms with Crippen molar-refractivity contribution in [3.8, 4) is 5.75 Å². The highest BCUT2D eigenvalue weighted by molar-refractivity contribution is 7.90. The first kappa shape index (κ1) is 24.4. The molecule has 1 aromatic rings. The summed E-state index contributed by atoms with van der Waals surface area (Å²) in [5, 5.41) is 9.93. The smallest absolute Gasteiger partial charge is 0.420 e. The number of carbonyl (C=O) groups is 3. The minimum atomic E-state index is -5.28. The summed E-state index contributed by atoms with van der Waals surface area (Å²) >= 11 is 0. The summed E-state index contributed by atoms with van der Waals surface area (Å²) in [5.74, 6) is -4.84. The topological polar surface area (TPSA) is 118 Å². The standard InChI is InChI=1S/C19H20F3NO7S/c1-23(2)14(26)9-30-18-13(31(3,28)29)8-7-10(16(18)19(20,21)22)17(27)15-11(24)5-4-6-12(15)25/h7-8,24H,4-6,9H2,1-3H3. The number of benzene rings is 1. The maximum absolute atomic E-state index is 14.0. The lowest BCUT2D eigenvalue weighted by Crippen LogP contribution is -2.29. The first-order chi connectivity index (χ1) is 14.2. The van der Waals surface area contributed by atoms with E-state index in [1.165, 1.54) is 14.1 Å². The molecule has 1 aliphatic carbocycles. The second kappa shape index (κ2) is 8.69. The van der Waals surface area contributed by atoms with E-state index in [2.05, 4.69) is 0 Å². The number of amides is 1. The lowest BCUT2D eigenvalue weighted by molar-refractivity contribution is -0.141. The molecule has 31 heavy (non-hydrogen) atoms. The summed E-state index contributed by atoms with van der Waals surface area (Å²) in [4.78, 5) is 36.9. The van der Waals surface area contributed by atoms with Crippen molar-refractivity contribution in [3.63, 3.8) is 0 Å². The molecule has 1 aromatic carbocycles. The highest BCUT2D eigenvalue weighted by atomic mass is 32.2. The summed E-state index contributed by atoms with van der Waals surface area (Å²) in [6.45, 7) is -0.927. The molecular weight excluding hydrogens is 443 g/mol. The molecule has 0 heterocycles. The van der Waals surface area contributed by atoms with Gasteiger partial charge in [0.25, 0.3) is 5.91 Å². The molecule has 1 amide bonds. The van der Waals surface area contributed by atoms with Crippen molar-refractivity contribution in [1.29, 1.82) is 0 Å². The first-order valence-corrected chi connectivity index (χ1v) is 10.8. The van der Waals surface area contributed by atoms with Crippen molar-refractivity contribution in [2.45, 2.75) is 30.3 Å². The maximum atomic E-state index is 14.0. The summed E-state index contributed by atoms with van der Waals surface area (Å²) in [7, 11) is -1.63. The molecule has 0 fully saturated rings. The van der Waals surface area contributed by atoms with Gasteiger partial charge in [0.15, 0.2) is 28.0 Å². The molecule has 8 nitrogen and oxygen atoms in total. The Hall–Kier alpha value is -2.89. The fourth-order valence-corrected chi connectivity index (χ4v) is 3.77. The van der Waals surface area contributed by atoms with Crippen LogP contribution < -0.4 is 4.74 Å². The number of aliphatic hydroxyl groups excluding tert-OH is 1. The molecule has 0 aromatic heterocycles. The van der Waals surface area contributed by atoms with Crippen LogP contribution in [0.4, 0.5) is 13.2 Å². The molecule has 12 heteroatoms. The Bertz CT molecular complexity index is 1070. The Labute approximate surface area is 176 Å². The van der Waals surface area contributed by atoms with Crippen molar-refractivity contribution in [2.75, 3.05) is 27.0 Å². The second-order valence-corrected chi connectivity index (χ2v) is 9.07. The largest absolute Gasteiger partial charge is 0.511 e. The number of allylic oxidation sites excluding steroid dienone is 2. The van der Waals surface area contributed by atoms with Gasteiger partial charge in [0, 0.05) is 38.8 Å². The minimum absolute atomic E-state index is 0.0592. The van der Waals surface area contributed by atoms with E-state index in [0.29, 0.717) is 12.3 Å². The number of ketones is 2. The van der Waals surface area contributed by atoms with Crippen LogP contribution >= 0.6 is 0 Å². The second-order valence-electron chi connectivity index (χ2n) is 7.09. The summed E-state index contributed by atoms with van der Waals surface area (Å²) < 4.78 is 71.1. The van der Waals surface area contributed by atoms with Crippen LogP contribution in [0, 0.1) is 0 Å². The van der Waals surface area contributed by atoms with Crippen LogP contribution in [-0.2, 0) is 25.6 Å². The third kappa shape index (κ3) is 5.24. The molecule has 1 N–H and O–H groups in total. The van der Waals surface area contributed by atoms with Crippen LogP contribution in [0.1, 0.15) is 35.2 Å². The summed E-state index contributed by atoms with van der Waals surface area (Å²) in [6, 6.07) is 1.35. The molecule has 0 saturated heterocycles. The van der Waals surface area contributed by atoms with Gasteiger partial charge in [-0.3, -0.25) is 14.4 Å². The van der Waals surface area contributed by atoms with Crippen molar-refractivity contribution >= 4 is 27.3 Å². The third-order valence-corrected chi connectivity index (χ3v) is 5.62. The number of likely N-dealkylation sites (N-methyl/N-ethyl adjacent to an activating group) is 1. The monoisotopic (exact) mass is 463 g/mol. The van der Waals surface area contributed by atoms with Crippen LogP contribution in [0.25, 0.3) is 0 Å². The van der Waals surface area contributed by atoms with Crippen LogP contribution in [0.5, 0.6) is 5.75 Å². The van der Waals surface area contributed by atoms with Crippen LogP contribution in [0.2, 0.25) is 0 Å². The van der Waals surface area contributed by atoms with E-state index in [0.717, 1.165) is 11.0 Å². The number of Topliss-reactive ketones (excluding diaryl/α,β-unsaturated/α-hetero) is 2. The molecule has 0 bridgehead atoms. The van der Waals surface area contributed by atoms with Crippen molar-refractivity contribution in [3.05, 3.63) is 34.6 Å². The third-order valence-electron chi connectivity index (χ3n) is 4.50. The Morgan fingerprint density at radius 2 is 1.81 bits per heavy atom. The quantitative estimate of drug-likeness (QED) is 0.508. The number of aliphatic hydroxyl groups is 1. The van der Waals surface area contributed by atoms with E-state index in [1.54, 1.807) is 0 Å². The zero-order valence-electron chi connectivity index (χ0n) is 16.9. The molecule has 0 unspecified atom stereocenters. The average molecular weight is 463 g/mol. The molecule has 0 radical (unpaired) electrons. The van der Waals surface area contributed by atoms with Crippen molar-refractivity contribution in [2.24, 2.45) is 0 Å². The predicted molar refractivity (Wildman–Crippen MR) is 102 cm³/mol. The van der Waals surface area contributed by atoms with Gasteiger partial charge in [0.2, 0.25) is 5.78 Å². The number of sulfone groups is 1. The van der Waals surface area contributed by atoms with Gasteiger partial charge in [0.1, 0.15) is 21.8 Å². The van der Waals surface area contributed by atoms with Crippen LogP contribution in [0.15, 0.2) is 28.4 Å². The highest BCUT2D eigenvalue weighted by Gasteiger charge is 2.43. The zero-order valence-corrected chi connectivity index (χ0v) is 17.7. The fourth-order valence-electron chi connectivity index (χ4n) is 2.95. The number of hydrogen-bond donors (Lipinski definition) is 1. The number of ether oxygens (including phenoxy) is 1. The molecule has 170 valence electrons. The highest BCUT2D eigenvalue weighted by Crippen LogP contribution is 2.43. The SMILES string of the molecule is CN(C)C(=O)COc1c(S(C)(=O)=O)ccc(C(=O)C2=C(O)CCCC2=O)c1C(F)(F)F. The Morgan fingerprint density at radius 1 is 1.19 bits per heavy atom. The van der Waals surface area contributed by atoms with Gasteiger partial charge in [0.05, 0.1) is 0 Å². The fraction of sp³-hybridized carbons (Fsp3) is 0.421. The van der Waals surface area contributed by atoms with E-state index >= 15 is 0 Å². The maximum Gasteiger partial charge on any atom is 0.420 e. The Balaban J connectivity index is 2.79. The van der Waals surface area contributed by atoms with Crippen LogP contribution in [0.3, 0.4) is 0 Å². The number of carbonyl (C=O) groups excluding carboxylic acids is 3.